The largest absolute Gasteiger partial charge is 0.367 e. The summed E-state index contributed by atoms with van der Waals surface area (Å²) in [5, 5.41) is 4.47. The molecule has 0 aliphatic heterocycles. The molecule has 3 N–H and O–H groups in total. The van der Waals surface area contributed by atoms with Crippen LogP contribution < -0.4 is 10.5 Å². The molecule has 1 unspecified atom stereocenters. The minimum atomic E-state index is -9.94. The summed E-state index contributed by atoms with van der Waals surface area (Å²) in [6, 6.07) is 4.46. The van der Waals surface area contributed by atoms with E-state index < -0.39 is 43.0 Å². The maximum Gasteiger partial charge on any atom is 0.310 e. The Morgan fingerprint density at radius 1 is 1.21 bits per heavy atom. The van der Waals surface area contributed by atoms with Crippen molar-refractivity contribution in [1.82, 2.24) is 9.78 Å². The number of hydrogen-bond donors (Lipinski definition) is 2. The van der Waals surface area contributed by atoms with E-state index in [4.69, 9.17) is 5.73 Å². The number of carbonyl (C=O) groups excluding carboxylic acids is 1. The highest BCUT2D eigenvalue weighted by Gasteiger charge is 2.66. The fourth-order valence-corrected chi connectivity index (χ4v) is 5.06. The lowest BCUT2D eigenvalue weighted by molar-refractivity contribution is -0.125. The number of sulfonamides is 1. The van der Waals surface area contributed by atoms with Crippen LogP contribution in [0.15, 0.2) is 59.2 Å². The molecule has 1 aromatic heterocycles. The molecule has 1 aromatic carbocycles. The van der Waals surface area contributed by atoms with Crippen molar-refractivity contribution in [3.63, 3.8) is 0 Å². The van der Waals surface area contributed by atoms with E-state index in [-0.39, 0.29) is 29.3 Å². The molecule has 0 saturated heterocycles. The number of nitrogens with zero attached hydrogens (tertiary/aromatic N) is 2. The number of primary amides is 1. The van der Waals surface area contributed by atoms with Gasteiger partial charge in [0.15, 0.2) is 5.54 Å². The number of allylic oxidation sites excluding steroid dienone is 4. The first-order chi connectivity index (χ1) is 14.9. The van der Waals surface area contributed by atoms with Crippen molar-refractivity contribution in [2.24, 2.45) is 5.73 Å². The summed E-state index contributed by atoms with van der Waals surface area (Å²) in [6.07, 6.45) is 4.18. The molecule has 7 nitrogen and oxygen atoms in total. The molecule has 0 fully saturated rings. The smallest absolute Gasteiger partial charge is 0.310 e. The minimum Gasteiger partial charge on any atom is -0.367 e. The lowest BCUT2D eigenvalue weighted by atomic mass is 9.85. The number of nitrogens with one attached hydrogen (secondary N) is 1. The SMILES string of the molecule is CCC(C(N)=O)(C1=CCC=C(S(F)(F)(F)(F)F)C=C1)n1ncc2c(NS(C)(=O)=O)cccc21. The molecule has 0 radical (unpaired) electrons. The van der Waals surface area contributed by atoms with Gasteiger partial charge in [0.1, 0.15) is 4.91 Å². The van der Waals surface area contributed by atoms with Crippen molar-refractivity contribution in [2.75, 3.05) is 11.0 Å². The number of anilines is 1. The number of carbonyl (C=O) groups is 1. The Morgan fingerprint density at radius 3 is 2.42 bits per heavy atom. The van der Waals surface area contributed by atoms with Gasteiger partial charge in [-0.1, -0.05) is 50.6 Å². The number of nitrogens with two attached hydrogens (primary N) is 1. The number of aromatic nitrogens is 2. The Hall–Kier alpha value is -2.87. The van der Waals surface area contributed by atoms with E-state index in [2.05, 4.69) is 9.82 Å². The van der Waals surface area contributed by atoms with Crippen LogP contribution in [0.25, 0.3) is 10.9 Å². The second-order valence-electron chi connectivity index (χ2n) is 7.55. The summed E-state index contributed by atoms with van der Waals surface area (Å²) < 4.78 is 93.3. The molecule has 1 aliphatic carbocycles. The van der Waals surface area contributed by atoms with Crippen molar-refractivity contribution in [1.29, 1.82) is 0 Å². The Morgan fingerprint density at radius 2 is 1.88 bits per heavy atom. The Labute approximate surface area is 186 Å². The van der Waals surface area contributed by atoms with Gasteiger partial charge in [-0.3, -0.25) is 9.52 Å². The normalized spacial score (nSPS) is 19.0. The molecule has 0 saturated carbocycles. The number of amides is 1. The molecular weight excluding hydrogens is 491 g/mol. The monoisotopic (exact) mass is 512 g/mol. The van der Waals surface area contributed by atoms with E-state index in [1.54, 1.807) is 0 Å². The van der Waals surface area contributed by atoms with Gasteiger partial charge in [-0.15, -0.1) is 0 Å². The zero-order chi connectivity index (χ0) is 24.9. The summed E-state index contributed by atoms with van der Waals surface area (Å²) in [4.78, 5) is 10.7. The first-order valence-electron chi connectivity index (χ1n) is 9.47. The van der Waals surface area contributed by atoms with Crippen molar-refractivity contribution < 1.29 is 32.6 Å². The molecule has 0 bridgehead atoms. The van der Waals surface area contributed by atoms with Crippen molar-refractivity contribution in [2.45, 2.75) is 25.3 Å². The summed E-state index contributed by atoms with van der Waals surface area (Å²) in [5.74, 6) is -0.983. The number of fused-ring (bicyclic) bond motifs is 1. The Kier molecular flexibility index (Phi) is 5.30. The number of benzene rings is 1. The van der Waals surface area contributed by atoms with Crippen LogP contribution in [-0.2, 0) is 20.4 Å². The van der Waals surface area contributed by atoms with Gasteiger partial charge in [-0.25, -0.2) is 13.1 Å². The molecule has 182 valence electrons. The minimum absolute atomic E-state index is 0.0583. The first kappa shape index (κ1) is 24.8. The van der Waals surface area contributed by atoms with Crippen LogP contribution in [0.4, 0.5) is 25.1 Å². The topological polar surface area (TPSA) is 107 Å². The molecule has 0 spiro atoms. The zero-order valence-corrected chi connectivity index (χ0v) is 19.1. The van der Waals surface area contributed by atoms with Gasteiger partial charge >= 0.3 is 10.2 Å². The zero-order valence-electron chi connectivity index (χ0n) is 17.4. The molecule has 1 atom stereocenters. The lowest BCUT2D eigenvalue weighted by Crippen LogP contribution is -2.47. The van der Waals surface area contributed by atoms with E-state index in [0.717, 1.165) is 12.3 Å². The molecule has 33 heavy (non-hydrogen) atoms. The second-order valence-corrected chi connectivity index (χ2v) is 11.7. The predicted molar refractivity (Wildman–Crippen MR) is 119 cm³/mol. The van der Waals surface area contributed by atoms with Gasteiger partial charge < -0.3 is 5.73 Å². The summed E-state index contributed by atoms with van der Waals surface area (Å²) in [5.41, 5.74) is 4.22. The van der Waals surface area contributed by atoms with Crippen LogP contribution in [0.1, 0.15) is 19.8 Å². The van der Waals surface area contributed by atoms with E-state index in [9.17, 15) is 32.6 Å². The third-order valence-electron chi connectivity index (χ3n) is 5.20. The maximum absolute atomic E-state index is 13.3. The fourth-order valence-electron chi connectivity index (χ4n) is 3.74. The second kappa shape index (κ2) is 7.06. The molecule has 14 heteroatoms. The summed E-state index contributed by atoms with van der Waals surface area (Å²) in [6.45, 7) is 1.54. The Bertz CT molecular complexity index is 1350. The molecular formula is C19H21F5N4O3S2. The van der Waals surface area contributed by atoms with Gasteiger partial charge in [0.2, 0.25) is 15.9 Å². The number of halogens is 5. The highest BCUT2D eigenvalue weighted by atomic mass is 32.5. The van der Waals surface area contributed by atoms with Crippen LogP contribution >= 0.6 is 10.2 Å². The van der Waals surface area contributed by atoms with Gasteiger partial charge in [-0.2, -0.15) is 5.10 Å². The van der Waals surface area contributed by atoms with Crippen molar-refractivity contribution in [3.05, 3.63) is 59.2 Å². The molecule has 1 heterocycles. The lowest BCUT2D eigenvalue weighted by Gasteiger charge is -2.41. The van der Waals surface area contributed by atoms with Crippen LogP contribution in [-0.4, -0.2) is 30.4 Å². The van der Waals surface area contributed by atoms with E-state index >= 15 is 0 Å². The third kappa shape index (κ3) is 4.76. The number of hydrogen-bond acceptors (Lipinski definition) is 4. The van der Waals surface area contributed by atoms with Gasteiger partial charge in [0, 0.05) is 5.39 Å². The highest BCUT2D eigenvalue weighted by Crippen LogP contribution is 3.02. The van der Waals surface area contributed by atoms with Crippen LogP contribution in [0.2, 0.25) is 0 Å². The fraction of sp³-hybridized carbons (Fsp3) is 0.263. The summed E-state index contributed by atoms with van der Waals surface area (Å²) in [7, 11) is -13.6. The van der Waals surface area contributed by atoms with Gasteiger partial charge in [0.05, 0.1) is 23.7 Å². The number of rotatable bonds is 7. The molecule has 1 amide bonds. The first-order valence-corrected chi connectivity index (χ1v) is 13.3. The standard InChI is InChI=1S/C19H21F5N4O3S2/c1-3-19(18(25)29,13-6-4-7-14(11-10-13)33(20,21,22,23)24)28-17-9-5-8-16(15(17)12-26-28)27-32(2,30)31/h5-12,27H,3-4H2,1-2H3,(H2,25,29). The molecule has 3 rings (SSSR count). The summed E-state index contributed by atoms with van der Waals surface area (Å²) >= 11 is 0. The van der Waals surface area contributed by atoms with Crippen LogP contribution in [0.5, 0.6) is 0 Å². The van der Waals surface area contributed by atoms with Crippen molar-refractivity contribution >= 4 is 42.7 Å². The maximum atomic E-state index is 13.3. The van der Waals surface area contributed by atoms with Crippen LogP contribution in [0, 0.1) is 0 Å². The third-order valence-corrected chi connectivity index (χ3v) is 6.98. The van der Waals surface area contributed by atoms with E-state index in [0.29, 0.717) is 11.5 Å². The molecule has 1 aliphatic rings. The van der Waals surface area contributed by atoms with E-state index in [1.165, 1.54) is 42.1 Å². The quantitative estimate of drug-likeness (QED) is 0.505. The average molecular weight is 513 g/mol. The van der Waals surface area contributed by atoms with Gasteiger partial charge in [-0.05, 0) is 36.6 Å². The van der Waals surface area contributed by atoms with Crippen molar-refractivity contribution in [3.8, 4) is 0 Å². The molecule has 2 aromatic rings. The van der Waals surface area contributed by atoms with Crippen LogP contribution in [0.3, 0.4) is 0 Å². The van der Waals surface area contributed by atoms with Gasteiger partial charge in [0.25, 0.3) is 0 Å². The Balaban J connectivity index is 2.21. The van der Waals surface area contributed by atoms with E-state index in [1.807, 2.05) is 0 Å². The highest BCUT2D eigenvalue weighted by molar-refractivity contribution is 8.48. The predicted octanol–water partition coefficient (Wildman–Crippen LogP) is 5.07. The average Bonchev–Trinajstić information content (AvgIpc) is 2.90.